The van der Waals surface area contributed by atoms with Gasteiger partial charge in [-0.3, -0.25) is 0 Å². The zero-order valence-corrected chi connectivity index (χ0v) is 33.3. The molecule has 4 aliphatic rings. The molecule has 0 saturated heterocycles. The summed E-state index contributed by atoms with van der Waals surface area (Å²) in [6.45, 7) is 2.29. The Hall–Kier alpha value is -7.17. The van der Waals surface area contributed by atoms with E-state index in [0.29, 0.717) is 23.4 Å². The Morgan fingerprint density at radius 3 is 2.10 bits per heavy atom. The van der Waals surface area contributed by atoms with Crippen molar-refractivity contribution in [2.45, 2.75) is 44.1 Å². The molecule has 0 bridgehead atoms. The van der Waals surface area contributed by atoms with Gasteiger partial charge >= 0.3 is 0 Å². The average molecular weight is 772 g/mol. The summed E-state index contributed by atoms with van der Waals surface area (Å²) in [5.74, 6) is 3.21. The number of hydrogen-bond donors (Lipinski definition) is 0. The third-order valence-electron chi connectivity index (χ3n) is 13.0. The summed E-state index contributed by atoms with van der Waals surface area (Å²) in [5.41, 5.74) is 16.4. The maximum Gasteiger partial charge on any atom is 0.167 e. The molecule has 1 aliphatic heterocycles. The lowest BCUT2D eigenvalue weighted by Crippen LogP contribution is -2.20. The van der Waals surface area contributed by atoms with E-state index in [-0.39, 0.29) is 12.0 Å². The maximum absolute atomic E-state index is 7.00. The highest BCUT2D eigenvalue weighted by atomic mass is 16.5. The SMILES string of the molecule is CC1CC=Cc2cc(-c3nc(-c4ccc5ccccc5c4)nc(-c4cc(-c5ccc(-c6ccc7c(c6)CCC=C7)cc5)cc5c4OC4C=Cc6ccccc6C54)n3)ccc21. The number of aromatic nitrogens is 3. The average Bonchev–Trinajstić information content (AvgIpc) is 3.70. The Morgan fingerprint density at radius 1 is 0.500 bits per heavy atom. The quantitative estimate of drug-likeness (QED) is 0.175. The van der Waals surface area contributed by atoms with Gasteiger partial charge in [0.25, 0.3) is 0 Å². The van der Waals surface area contributed by atoms with Gasteiger partial charge in [-0.2, -0.15) is 0 Å². The Bertz CT molecular complexity index is 3140. The van der Waals surface area contributed by atoms with Crippen LogP contribution in [-0.2, 0) is 6.42 Å². The van der Waals surface area contributed by atoms with Crippen LogP contribution in [0.1, 0.15) is 70.5 Å². The highest BCUT2D eigenvalue weighted by Crippen LogP contribution is 2.51. The predicted molar refractivity (Wildman–Crippen MR) is 246 cm³/mol. The summed E-state index contributed by atoms with van der Waals surface area (Å²) in [6, 6.07) is 50.7. The second-order valence-corrected chi connectivity index (χ2v) is 16.7. The molecule has 4 nitrogen and oxygen atoms in total. The van der Waals surface area contributed by atoms with Gasteiger partial charge in [-0.15, -0.1) is 0 Å². The first kappa shape index (κ1) is 34.8. The first-order chi connectivity index (χ1) is 29.6. The minimum absolute atomic E-state index is 0.0411. The van der Waals surface area contributed by atoms with Crippen LogP contribution in [0.15, 0.2) is 158 Å². The Labute approximate surface area is 350 Å². The molecule has 4 heteroatoms. The molecule has 0 N–H and O–H groups in total. The zero-order valence-electron chi connectivity index (χ0n) is 33.3. The minimum atomic E-state index is -0.138. The molecule has 3 atom stereocenters. The van der Waals surface area contributed by atoms with Crippen LogP contribution in [0.5, 0.6) is 5.75 Å². The predicted octanol–water partition coefficient (Wildman–Crippen LogP) is 13.8. The van der Waals surface area contributed by atoms with Gasteiger partial charge in [0.2, 0.25) is 0 Å². The molecule has 2 heterocycles. The molecule has 0 fully saturated rings. The Balaban J connectivity index is 1.04. The van der Waals surface area contributed by atoms with Crippen molar-refractivity contribution < 1.29 is 4.74 Å². The molecule has 286 valence electrons. The van der Waals surface area contributed by atoms with Crippen LogP contribution in [0.3, 0.4) is 0 Å². The van der Waals surface area contributed by atoms with E-state index in [4.69, 9.17) is 19.7 Å². The van der Waals surface area contributed by atoms with Gasteiger partial charge in [0.1, 0.15) is 11.9 Å². The largest absolute Gasteiger partial charge is 0.484 e. The van der Waals surface area contributed by atoms with Gasteiger partial charge in [-0.1, -0.05) is 153 Å². The number of benzene rings is 7. The van der Waals surface area contributed by atoms with E-state index in [1.165, 1.54) is 49.9 Å². The molecule has 8 aromatic rings. The number of allylic oxidation sites excluding steroid dienone is 2. The van der Waals surface area contributed by atoms with Gasteiger partial charge in [0, 0.05) is 16.7 Å². The Kier molecular flexibility index (Phi) is 8.12. The number of aryl methyl sites for hydroxylation is 1. The first-order valence-corrected chi connectivity index (χ1v) is 21.2. The number of fused-ring (bicyclic) bond motifs is 8. The summed E-state index contributed by atoms with van der Waals surface area (Å²) in [4.78, 5) is 15.9. The summed E-state index contributed by atoms with van der Waals surface area (Å²) >= 11 is 0. The lowest BCUT2D eigenvalue weighted by atomic mass is 9.80. The van der Waals surface area contributed by atoms with Crippen molar-refractivity contribution in [2.24, 2.45) is 0 Å². The minimum Gasteiger partial charge on any atom is -0.484 e. The number of rotatable bonds is 5. The topological polar surface area (TPSA) is 47.9 Å². The second kappa shape index (κ2) is 14.0. The normalized spacial score (nSPS) is 18.0. The van der Waals surface area contributed by atoms with E-state index in [0.717, 1.165) is 63.8 Å². The molecule has 0 saturated carbocycles. The van der Waals surface area contributed by atoms with Crippen molar-refractivity contribution in [3.63, 3.8) is 0 Å². The molecule has 12 rings (SSSR count). The third-order valence-corrected chi connectivity index (χ3v) is 13.0. The van der Waals surface area contributed by atoms with Crippen LogP contribution in [0, 0.1) is 0 Å². The maximum atomic E-state index is 7.00. The van der Waals surface area contributed by atoms with Gasteiger partial charge in [-0.05, 0) is 122 Å². The fourth-order valence-corrected chi connectivity index (χ4v) is 9.75. The van der Waals surface area contributed by atoms with Crippen molar-refractivity contribution in [1.82, 2.24) is 15.0 Å². The molecular formula is C56H41N3O. The molecule has 0 spiro atoms. The number of ether oxygens (including phenoxy) is 1. The van der Waals surface area contributed by atoms with Crippen molar-refractivity contribution in [2.75, 3.05) is 0 Å². The monoisotopic (exact) mass is 771 g/mol. The van der Waals surface area contributed by atoms with Gasteiger partial charge in [0.15, 0.2) is 17.5 Å². The van der Waals surface area contributed by atoms with Crippen LogP contribution in [0.4, 0.5) is 0 Å². The third kappa shape index (κ3) is 5.93. The van der Waals surface area contributed by atoms with Gasteiger partial charge in [-0.25, -0.2) is 15.0 Å². The van der Waals surface area contributed by atoms with Crippen molar-refractivity contribution in [1.29, 1.82) is 0 Å². The van der Waals surface area contributed by atoms with Crippen LogP contribution < -0.4 is 4.74 Å². The standard InChI is InChI=1S/C56H41N3O/c1-34-9-8-15-43-31-45(25-27-47(34)43)55-57-54(44-24-22-36-11-3-5-14-41(36)30-44)58-56(59-55)50-33-46(32-49-52-48-16-7-6-12-39(48)26-28-51(52)60-53(49)50)38-19-17-37(18-20-38)42-23-21-35-10-2-4-13-40(35)29-42/h2-3,5-8,10-12,14-34,51-52H,4,9,13H2,1H3. The summed E-state index contributed by atoms with van der Waals surface area (Å²) in [7, 11) is 0. The fraction of sp³-hybridized carbons (Fsp3) is 0.125. The van der Waals surface area contributed by atoms with Gasteiger partial charge in [0.05, 0.1) is 11.5 Å². The molecule has 1 aromatic heterocycles. The fourth-order valence-electron chi connectivity index (χ4n) is 9.75. The highest BCUT2D eigenvalue weighted by Gasteiger charge is 2.39. The van der Waals surface area contributed by atoms with Gasteiger partial charge < -0.3 is 4.74 Å². The second-order valence-electron chi connectivity index (χ2n) is 16.7. The van der Waals surface area contributed by atoms with E-state index in [1.54, 1.807) is 0 Å². The molecule has 3 unspecified atom stereocenters. The number of nitrogens with zero attached hydrogens (tertiary/aromatic N) is 3. The first-order valence-electron chi connectivity index (χ1n) is 21.2. The molecule has 3 aliphatic carbocycles. The smallest absolute Gasteiger partial charge is 0.167 e. The van der Waals surface area contributed by atoms with Crippen molar-refractivity contribution in [3.8, 4) is 62.2 Å². The van der Waals surface area contributed by atoms with E-state index in [9.17, 15) is 0 Å². The van der Waals surface area contributed by atoms with Crippen molar-refractivity contribution >= 4 is 29.0 Å². The molecular weight excluding hydrogens is 731 g/mol. The Morgan fingerprint density at radius 2 is 1.22 bits per heavy atom. The highest BCUT2D eigenvalue weighted by molar-refractivity contribution is 5.87. The van der Waals surface area contributed by atoms with Crippen LogP contribution in [0.2, 0.25) is 0 Å². The molecule has 7 aromatic carbocycles. The molecule has 60 heavy (non-hydrogen) atoms. The van der Waals surface area contributed by atoms with Crippen molar-refractivity contribution in [3.05, 3.63) is 197 Å². The van der Waals surface area contributed by atoms with E-state index in [2.05, 4.69) is 183 Å². The zero-order chi connectivity index (χ0) is 39.7. The lowest BCUT2D eigenvalue weighted by Gasteiger charge is -2.22. The summed E-state index contributed by atoms with van der Waals surface area (Å²) < 4.78 is 7.00. The van der Waals surface area contributed by atoms with Crippen LogP contribution >= 0.6 is 0 Å². The van der Waals surface area contributed by atoms with Crippen LogP contribution in [-0.4, -0.2) is 21.1 Å². The summed E-state index contributed by atoms with van der Waals surface area (Å²) in [5, 5.41) is 2.32. The van der Waals surface area contributed by atoms with Crippen LogP contribution in [0.25, 0.3) is 85.4 Å². The van der Waals surface area contributed by atoms with E-state index >= 15 is 0 Å². The lowest BCUT2D eigenvalue weighted by molar-refractivity contribution is 0.268. The van der Waals surface area contributed by atoms with E-state index < -0.39 is 0 Å². The molecule has 0 radical (unpaired) electrons. The summed E-state index contributed by atoms with van der Waals surface area (Å²) in [6.07, 6.45) is 16.5. The van der Waals surface area contributed by atoms with E-state index in [1.807, 2.05) is 0 Å². The molecule has 0 amide bonds. The number of hydrogen-bond acceptors (Lipinski definition) is 4.